The fourth-order valence-corrected chi connectivity index (χ4v) is 3.26. The molecule has 0 aromatic heterocycles. The molecular formula is C30H50O. The van der Waals surface area contributed by atoms with E-state index in [1.54, 1.807) is 13.8 Å². The summed E-state index contributed by atoms with van der Waals surface area (Å²) in [5.74, 6) is 0. The lowest BCUT2D eigenvalue weighted by Gasteiger charge is -2.10. The van der Waals surface area contributed by atoms with Crippen molar-refractivity contribution in [2.45, 2.75) is 119 Å². The third-order valence-electron chi connectivity index (χ3n) is 5.27. The van der Waals surface area contributed by atoms with E-state index in [4.69, 9.17) is 0 Å². The number of allylic oxidation sites excluding steroid dienone is 11. The lowest BCUT2D eigenvalue weighted by atomic mass is 10.0. The quantitative estimate of drug-likeness (QED) is 0.204. The molecule has 0 aliphatic heterocycles. The Morgan fingerprint density at radius 1 is 0.581 bits per heavy atom. The van der Waals surface area contributed by atoms with E-state index in [-0.39, 0.29) is 0 Å². The van der Waals surface area contributed by atoms with Crippen molar-refractivity contribution < 1.29 is 5.11 Å². The van der Waals surface area contributed by atoms with Crippen molar-refractivity contribution in [3.05, 3.63) is 70.4 Å². The van der Waals surface area contributed by atoms with Gasteiger partial charge in [-0.25, -0.2) is 0 Å². The highest BCUT2D eigenvalue weighted by atomic mass is 16.3. The predicted molar refractivity (Wildman–Crippen MR) is 141 cm³/mol. The van der Waals surface area contributed by atoms with Crippen LogP contribution in [-0.4, -0.2) is 10.7 Å². The van der Waals surface area contributed by atoms with Crippen LogP contribution in [0.15, 0.2) is 70.4 Å². The van der Waals surface area contributed by atoms with Crippen LogP contribution in [0.2, 0.25) is 0 Å². The van der Waals surface area contributed by atoms with Crippen LogP contribution in [0, 0.1) is 0 Å². The number of unbranched alkanes of at least 4 members (excludes halogenated alkanes) is 1. The third kappa shape index (κ3) is 21.4. The van der Waals surface area contributed by atoms with Gasteiger partial charge in [-0.15, -0.1) is 0 Å². The highest BCUT2D eigenvalue weighted by Crippen LogP contribution is 2.14. The minimum absolute atomic E-state index is 0.715. The first-order valence-electron chi connectivity index (χ1n) is 12.2. The smallest absolute Gasteiger partial charge is 0.0771 e. The Hall–Kier alpha value is -1.60. The van der Waals surface area contributed by atoms with Crippen LogP contribution in [0.5, 0.6) is 0 Å². The first-order valence-corrected chi connectivity index (χ1v) is 12.2. The monoisotopic (exact) mass is 426 g/mol. The minimum atomic E-state index is -0.715. The van der Waals surface area contributed by atoms with Crippen LogP contribution in [0.4, 0.5) is 0 Å². The molecule has 0 aromatic rings. The Kier molecular flexibility index (Phi) is 16.1. The fraction of sp³-hybridized carbons (Fsp3) is 0.600. The van der Waals surface area contributed by atoms with E-state index in [0.29, 0.717) is 0 Å². The molecule has 1 N–H and O–H groups in total. The second kappa shape index (κ2) is 17.0. The number of hydrogen-bond donors (Lipinski definition) is 1. The van der Waals surface area contributed by atoms with Gasteiger partial charge < -0.3 is 5.11 Å². The minimum Gasteiger partial charge on any atom is -0.386 e. The summed E-state index contributed by atoms with van der Waals surface area (Å²) in [5, 5.41) is 9.70. The lowest BCUT2D eigenvalue weighted by molar-refractivity contribution is 0.133. The molecule has 1 heteroatoms. The van der Waals surface area contributed by atoms with Crippen LogP contribution < -0.4 is 0 Å². The Morgan fingerprint density at radius 3 is 1.39 bits per heavy atom. The van der Waals surface area contributed by atoms with Gasteiger partial charge >= 0.3 is 0 Å². The van der Waals surface area contributed by atoms with Gasteiger partial charge in [0, 0.05) is 0 Å². The highest BCUT2D eigenvalue weighted by Gasteiger charge is 2.04. The zero-order valence-corrected chi connectivity index (χ0v) is 21.9. The maximum Gasteiger partial charge on any atom is 0.0771 e. The van der Waals surface area contributed by atoms with Gasteiger partial charge in [0.1, 0.15) is 0 Å². The normalized spacial score (nSPS) is 14.5. The van der Waals surface area contributed by atoms with E-state index >= 15 is 0 Å². The van der Waals surface area contributed by atoms with Gasteiger partial charge in [-0.3, -0.25) is 0 Å². The maximum absolute atomic E-state index is 9.70. The Labute approximate surface area is 194 Å². The molecule has 0 amide bonds. The van der Waals surface area contributed by atoms with Gasteiger partial charge in [0.15, 0.2) is 0 Å². The topological polar surface area (TPSA) is 20.2 Å². The van der Waals surface area contributed by atoms with E-state index < -0.39 is 5.60 Å². The van der Waals surface area contributed by atoms with Gasteiger partial charge in [0.25, 0.3) is 0 Å². The van der Waals surface area contributed by atoms with E-state index in [0.717, 1.165) is 38.5 Å². The van der Waals surface area contributed by atoms with Crippen LogP contribution in [0.3, 0.4) is 0 Å². The van der Waals surface area contributed by atoms with Gasteiger partial charge in [-0.05, 0) is 113 Å². The number of hydrogen-bond acceptors (Lipinski definition) is 1. The molecule has 0 spiro atoms. The molecule has 31 heavy (non-hydrogen) atoms. The molecule has 0 radical (unpaired) electrons. The molecule has 176 valence electrons. The molecule has 0 aliphatic carbocycles. The Balaban J connectivity index is 4.11. The van der Waals surface area contributed by atoms with E-state index in [9.17, 15) is 5.11 Å². The molecule has 0 atom stereocenters. The molecule has 0 rings (SSSR count). The van der Waals surface area contributed by atoms with Crippen molar-refractivity contribution in [2.24, 2.45) is 0 Å². The van der Waals surface area contributed by atoms with Crippen LogP contribution in [0.1, 0.15) is 113 Å². The molecule has 0 saturated carbocycles. The van der Waals surface area contributed by atoms with Crippen molar-refractivity contribution in [1.82, 2.24) is 0 Å². The summed E-state index contributed by atoms with van der Waals surface area (Å²) in [6.45, 7) is 16.9. The SMILES string of the molecule is CC(C)=CCC/C(C)=C/CC/C(C)=C/CC/C=C(\C)CC/C=C(\C)C/C=C/C(C)(C)O. The largest absolute Gasteiger partial charge is 0.386 e. The first kappa shape index (κ1) is 29.4. The first-order chi connectivity index (χ1) is 14.5. The molecule has 0 saturated heterocycles. The molecular weight excluding hydrogens is 376 g/mol. The molecule has 0 aliphatic rings. The summed E-state index contributed by atoms with van der Waals surface area (Å²) in [7, 11) is 0. The zero-order valence-electron chi connectivity index (χ0n) is 21.9. The van der Waals surface area contributed by atoms with Crippen LogP contribution in [0.25, 0.3) is 0 Å². The van der Waals surface area contributed by atoms with Crippen LogP contribution >= 0.6 is 0 Å². The molecule has 0 bridgehead atoms. The summed E-state index contributed by atoms with van der Waals surface area (Å²) in [4.78, 5) is 0. The molecule has 0 aromatic carbocycles. The van der Waals surface area contributed by atoms with E-state index in [1.807, 2.05) is 6.08 Å². The van der Waals surface area contributed by atoms with E-state index in [2.05, 4.69) is 78.0 Å². The van der Waals surface area contributed by atoms with Crippen molar-refractivity contribution in [1.29, 1.82) is 0 Å². The third-order valence-corrected chi connectivity index (χ3v) is 5.27. The second-order valence-electron chi connectivity index (χ2n) is 9.94. The number of aliphatic hydroxyl groups is 1. The van der Waals surface area contributed by atoms with Gasteiger partial charge in [0.2, 0.25) is 0 Å². The predicted octanol–water partition coefficient (Wildman–Crippen LogP) is 9.58. The summed E-state index contributed by atoms with van der Waals surface area (Å²) in [6, 6.07) is 0. The zero-order chi connectivity index (χ0) is 23.7. The van der Waals surface area contributed by atoms with Crippen LogP contribution in [-0.2, 0) is 0 Å². The standard InChI is InChI=1S/C30H50O/c1-25(2)15-11-18-28(5)21-12-19-26(3)16-9-10-17-27(4)20-13-22-29(6)23-14-24-30(7,8)31/h14-17,21-22,24,31H,9-13,18-20,23H2,1-8H3/b24-14+,26-16+,27-17+,28-21+,29-22+. The highest BCUT2D eigenvalue weighted by molar-refractivity contribution is 5.10. The summed E-state index contributed by atoms with van der Waals surface area (Å²) in [5.41, 5.74) is 6.58. The number of rotatable bonds is 15. The lowest BCUT2D eigenvalue weighted by Crippen LogP contribution is -2.13. The Morgan fingerprint density at radius 2 is 0.968 bits per heavy atom. The average molecular weight is 427 g/mol. The summed E-state index contributed by atoms with van der Waals surface area (Å²) in [6.07, 6.45) is 25.9. The van der Waals surface area contributed by atoms with E-state index in [1.165, 1.54) is 47.1 Å². The van der Waals surface area contributed by atoms with Gasteiger partial charge in [-0.1, -0.05) is 70.4 Å². The Bertz CT molecular complexity index is 668. The molecule has 1 nitrogen and oxygen atoms in total. The average Bonchev–Trinajstić information content (AvgIpc) is 2.64. The van der Waals surface area contributed by atoms with Crippen molar-refractivity contribution >= 4 is 0 Å². The fourth-order valence-electron chi connectivity index (χ4n) is 3.26. The molecule has 0 unspecified atom stereocenters. The van der Waals surface area contributed by atoms with Crippen molar-refractivity contribution in [2.75, 3.05) is 0 Å². The maximum atomic E-state index is 9.70. The summed E-state index contributed by atoms with van der Waals surface area (Å²) < 4.78 is 0. The second-order valence-corrected chi connectivity index (χ2v) is 9.94. The molecule has 0 fully saturated rings. The summed E-state index contributed by atoms with van der Waals surface area (Å²) >= 11 is 0. The van der Waals surface area contributed by atoms with Crippen molar-refractivity contribution in [3.63, 3.8) is 0 Å². The molecule has 0 heterocycles. The van der Waals surface area contributed by atoms with Crippen molar-refractivity contribution in [3.8, 4) is 0 Å². The van der Waals surface area contributed by atoms with Gasteiger partial charge in [0.05, 0.1) is 5.60 Å². The van der Waals surface area contributed by atoms with Gasteiger partial charge in [-0.2, -0.15) is 0 Å².